The summed E-state index contributed by atoms with van der Waals surface area (Å²) in [7, 11) is 0. The van der Waals surface area contributed by atoms with Gasteiger partial charge in [-0.1, -0.05) is 29.8 Å². The Labute approximate surface area is 98.5 Å². The van der Waals surface area contributed by atoms with Gasteiger partial charge in [0.25, 0.3) is 0 Å². The van der Waals surface area contributed by atoms with E-state index >= 15 is 0 Å². The molecule has 2 rings (SSSR count). The minimum absolute atomic E-state index is 0.518. The van der Waals surface area contributed by atoms with Gasteiger partial charge in [-0.25, -0.2) is 9.97 Å². The van der Waals surface area contributed by atoms with Crippen molar-refractivity contribution in [1.82, 2.24) is 9.97 Å². The van der Waals surface area contributed by atoms with Crippen molar-refractivity contribution in [2.75, 3.05) is 11.1 Å². The summed E-state index contributed by atoms with van der Waals surface area (Å²) in [5.74, 6) is 0.535. The zero-order chi connectivity index (χ0) is 11.4. The average Bonchev–Trinajstić information content (AvgIpc) is 2.30. The van der Waals surface area contributed by atoms with Crippen LogP contribution in [0.3, 0.4) is 0 Å². The molecule has 0 spiro atoms. The van der Waals surface area contributed by atoms with Crippen molar-refractivity contribution < 1.29 is 0 Å². The Morgan fingerprint density at radius 2 is 1.88 bits per heavy atom. The topological polar surface area (TPSA) is 63.8 Å². The Morgan fingerprint density at radius 3 is 2.56 bits per heavy atom. The highest BCUT2D eigenvalue weighted by Gasteiger charge is 1.99. The van der Waals surface area contributed by atoms with Crippen LogP contribution < -0.4 is 11.1 Å². The van der Waals surface area contributed by atoms with Gasteiger partial charge in [0.15, 0.2) is 0 Å². The highest BCUT2D eigenvalue weighted by molar-refractivity contribution is 6.30. The third-order valence-electron chi connectivity index (χ3n) is 2.11. The molecule has 0 fully saturated rings. The number of halogens is 1. The average molecular weight is 235 g/mol. The molecule has 0 aliphatic heterocycles. The molecule has 0 saturated heterocycles. The smallest absolute Gasteiger partial charge is 0.222 e. The lowest BCUT2D eigenvalue weighted by atomic mass is 10.2. The van der Waals surface area contributed by atoms with E-state index in [4.69, 9.17) is 17.3 Å². The molecule has 0 saturated carbocycles. The Kier molecular flexibility index (Phi) is 3.22. The fourth-order valence-corrected chi connectivity index (χ4v) is 1.37. The molecular weight excluding hydrogens is 224 g/mol. The largest absolute Gasteiger partial charge is 0.398 e. The van der Waals surface area contributed by atoms with Crippen LogP contribution in [0.5, 0.6) is 0 Å². The van der Waals surface area contributed by atoms with E-state index in [0.29, 0.717) is 17.5 Å². The number of aromatic nitrogens is 2. The van der Waals surface area contributed by atoms with Crippen LogP contribution >= 0.6 is 11.6 Å². The van der Waals surface area contributed by atoms with Crippen molar-refractivity contribution in [3.8, 4) is 0 Å². The molecule has 1 aromatic carbocycles. The van der Waals surface area contributed by atoms with Gasteiger partial charge in [-0.3, -0.25) is 0 Å². The summed E-state index contributed by atoms with van der Waals surface area (Å²) in [4.78, 5) is 8.06. The number of hydrogen-bond donors (Lipinski definition) is 2. The van der Waals surface area contributed by atoms with Crippen molar-refractivity contribution in [2.24, 2.45) is 0 Å². The van der Waals surface area contributed by atoms with Crippen LogP contribution in [-0.2, 0) is 6.54 Å². The van der Waals surface area contributed by atoms with E-state index in [1.54, 1.807) is 12.4 Å². The first-order valence-corrected chi connectivity index (χ1v) is 5.18. The molecule has 0 radical (unpaired) electrons. The second-order valence-corrected chi connectivity index (χ2v) is 3.71. The number of anilines is 2. The summed E-state index contributed by atoms with van der Waals surface area (Å²) in [5.41, 5.74) is 7.58. The molecule has 82 valence electrons. The van der Waals surface area contributed by atoms with Crippen LogP contribution in [0.4, 0.5) is 11.6 Å². The van der Waals surface area contributed by atoms with Gasteiger partial charge in [-0.05, 0) is 11.6 Å². The molecule has 0 aliphatic rings. The predicted molar refractivity (Wildman–Crippen MR) is 65.2 cm³/mol. The van der Waals surface area contributed by atoms with Gasteiger partial charge in [-0.2, -0.15) is 0 Å². The van der Waals surface area contributed by atoms with Crippen molar-refractivity contribution in [3.05, 3.63) is 47.2 Å². The minimum Gasteiger partial charge on any atom is -0.398 e. The lowest BCUT2D eigenvalue weighted by Gasteiger charge is -2.06. The Bertz CT molecular complexity index is 470. The number of nitrogens with one attached hydrogen (secondary N) is 1. The molecule has 0 amide bonds. The third-order valence-corrected chi connectivity index (χ3v) is 2.31. The molecule has 0 aliphatic carbocycles. The first kappa shape index (κ1) is 10.7. The Morgan fingerprint density at radius 1 is 1.19 bits per heavy atom. The maximum absolute atomic E-state index is 5.81. The maximum Gasteiger partial charge on any atom is 0.222 e. The lowest BCUT2D eigenvalue weighted by Crippen LogP contribution is -2.05. The number of rotatable bonds is 3. The monoisotopic (exact) mass is 234 g/mol. The maximum atomic E-state index is 5.81. The highest BCUT2D eigenvalue weighted by Crippen LogP contribution is 2.12. The van der Waals surface area contributed by atoms with Gasteiger partial charge in [0.1, 0.15) is 0 Å². The standard InChI is InChI=1S/C11H11ClN4/c12-9-6-15-11(16-7-9)14-5-8-3-1-2-4-10(8)13/h1-4,6-7H,5,13H2,(H,14,15,16). The van der Waals surface area contributed by atoms with E-state index in [-0.39, 0.29) is 0 Å². The van der Waals surface area contributed by atoms with Crippen LogP contribution in [0.2, 0.25) is 5.02 Å². The minimum atomic E-state index is 0.518. The summed E-state index contributed by atoms with van der Waals surface area (Å²) in [6.07, 6.45) is 3.09. The van der Waals surface area contributed by atoms with Crippen LogP contribution in [0.1, 0.15) is 5.56 Å². The Hall–Kier alpha value is -1.81. The van der Waals surface area contributed by atoms with Crippen LogP contribution in [0.25, 0.3) is 0 Å². The zero-order valence-corrected chi connectivity index (χ0v) is 9.28. The summed E-state index contributed by atoms with van der Waals surface area (Å²) in [6.45, 7) is 0.592. The van der Waals surface area contributed by atoms with E-state index in [1.165, 1.54) is 0 Å². The molecule has 3 N–H and O–H groups in total. The van der Waals surface area contributed by atoms with Gasteiger partial charge in [0.05, 0.1) is 17.4 Å². The number of nitrogens with zero attached hydrogens (tertiary/aromatic N) is 2. The third kappa shape index (κ3) is 2.61. The van der Waals surface area contributed by atoms with Crippen LogP contribution in [0.15, 0.2) is 36.7 Å². The zero-order valence-electron chi connectivity index (χ0n) is 8.52. The first-order chi connectivity index (χ1) is 7.75. The van der Waals surface area contributed by atoms with E-state index in [1.807, 2.05) is 24.3 Å². The predicted octanol–water partition coefficient (Wildman–Crippen LogP) is 2.32. The van der Waals surface area contributed by atoms with E-state index in [2.05, 4.69) is 15.3 Å². The van der Waals surface area contributed by atoms with Gasteiger partial charge in [0.2, 0.25) is 5.95 Å². The fourth-order valence-electron chi connectivity index (χ4n) is 1.27. The molecule has 0 bridgehead atoms. The number of para-hydroxylation sites is 1. The van der Waals surface area contributed by atoms with Crippen LogP contribution in [0, 0.1) is 0 Å². The molecule has 4 nitrogen and oxygen atoms in total. The normalized spacial score (nSPS) is 10.1. The van der Waals surface area contributed by atoms with Crippen LogP contribution in [-0.4, -0.2) is 9.97 Å². The summed E-state index contributed by atoms with van der Waals surface area (Å²) < 4.78 is 0. The molecule has 0 unspecified atom stereocenters. The van der Waals surface area contributed by atoms with E-state index in [0.717, 1.165) is 11.3 Å². The highest BCUT2D eigenvalue weighted by atomic mass is 35.5. The summed E-state index contributed by atoms with van der Waals surface area (Å²) in [6, 6.07) is 7.66. The van der Waals surface area contributed by atoms with Gasteiger partial charge >= 0.3 is 0 Å². The van der Waals surface area contributed by atoms with Crippen molar-refractivity contribution in [3.63, 3.8) is 0 Å². The summed E-state index contributed by atoms with van der Waals surface area (Å²) in [5, 5.41) is 3.59. The number of nitrogen functional groups attached to an aromatic ring is 1. The van der Waals surface area contributed by atoms with Gasteiger partial charge < -0.3 is 11.1 Å². The van der Waals surface area contributed by atoms with Crippen molar-refractivity contribution in [1.29, 1.82) is 0 Å². The van der Waals surface area contributed by atoms with E-state index in [9.17, 15) is 0 Å². The molecule has 5 heteroatoms. The van der Waals surface area contributed by atoms with Gasteiger partial charge in [0, 0.05) is 12.2 Å². The second kappa shape index (κ2) is 4.81. The molecule has 16 heavy (non-hydrogen) atoms. The number of benzene rings is 1. The van der Waals surface area contributed by atoms with Gasteiger partial charge in [-0.15, -0.1) is 0 Å². The second-order valence-electron chi connectivity index (χ2n) is 3.28. The SMILES string of the molecule is Nc1ccccc1CNc1ncc(Cl)cn1. The first-order valence-electron chi connectivity index (χ1n) is 4.80. The molecule has 2 aromatic rings. The molecule has 1 heterocycles. The molecule has 0 atom stereocenters. The molecule has 1 aromatic heterocycles. The molecular formula is C11H11ClN4. The van der Waals surface area contributed by atoms with Crippen molar-refractivity contribution in [2.45, 2.75) is 6.54 Å². The summed E-state index contributed by atoms with van der Waals surface area (Å²) >= 11 is 5.68. The number of hydrogen-bond acceptors (Lipinski definition) is 4. The lowest BCUT2D eigenvalue weighted by molar-refractivity contribution is 1.06. The van der Waals surface area contributed by atoms with E-state index < -0.39 is 0 Å². The fraction of sp³-hybridized carbons (Fsp3) is 0.0909. The van der Waals surface area contributed by atoms with Crippen molar-refractivity contribution >= 4 is 23.2 Å². The quantitative estimate of drug-likeness (QED) is 0.800. The number of nitrogens with two attached hydrogens (primary N) is 1. The Balaban J connectivity index is 2.02.